The summed E-state index contributed by atoms with van der Waals surface area (Å²) in [6, 6.07) is 3.48. The van der Waals surface area contributed by atoms with Crippen LogP contribution in [-0.2, 0) is 20.7 Å². The Balaban J connectivity index is 0.000000433. The normalized spacial score (nSPS) is 9.05. The van der Waals surface area contributed by atoms with E-state index in [0.717, 1.165) is 11.3 Å². The Morgan fingerprint density at radius 3 is 2.33 bits per heavy atom. The van der Waals surface area contributed by atoms with E-state index < -0.39 is 5.97 Å². The first-order valence-electron chi connectivity index (χ1n) is 6.57. The average Bonchev–Trinajstić information content (AvgIpc) is 2.82. The molecular weight excluding hydrogens is 292 g/mol. The number of carbonyl (C=O) groups is 2. The molecule has 0 fully saturated rings. The highest BCUT2D eigenvalue weighted by Crippen LogP contribution is 2.25. The van der Waals surface area contributed by atoms with Crippen molar-refractivity contribution in [3.8, 4) is 6.07 Å². The maximum absolute atomic E-state index is 11.3. The molecule has 21 heavy (non-hydrogen) atoms. The van der Waals surface area contributed by atoms with Gasteiger partial charge in [-0.1, -0.05) is 6.92 Å². The van der Waals surface area contributed by atoms with Crippen molar-refractivity contribution in [3.63, 3.8) is 0 Å². The number of hydrogen-bond acceptors (Lipinski definition) is 7. The van der Waals surface area contributed by atoms with Gasteiger partial charge in [-0.05, 0) is 26.3 Å². The van der Waals surface area contributed by atoms with Gasteiger partial charge in [0.05, 0.1) is 24.8 Å². The van der Waals surface area contributed by atoms with Crippen LogP contribution in [0.3, 0.4) is 0 Å². The molecule has 0 amide bonds. The molecule has 0 atom stereocenters. The highest BCUT2D eigenvalue weighted by Gasteiger charge is 2.13. The standard InChI is InChI=1S/C9H13NO2S.C5H7NO2/c1-3-6-5-7(8(10)13-6)9(11)12-4-2;1-2-8-5(7)3-4-6/h5H,3-4,10H2,1-2H3;2-3H2,1H3. The van der Waals surface area contributed by atoms with Crippen LogP contribution in [0.15, 0.2) is 6.07 Å². The minimum absolute atomic E-state index is 0.145. The van der Waals surface area contributed by atoms with Gasteiger partial charge in [0.25, 0.3) is 0 Å². The van der Waals surface area contributed by atoms with E-state index in [-0.39, 0.29) is 12.4 Å². The minimum atomic E-state index is -0.449. The fourth-order valence-corrected chi connectivity index (χ4v) is 2.13. The first-order chi connectivity index (χ1) is 9.99. The van der Waals surface area contributed by atoms with Gasteiger partial charge in [0.1, 0.15) is 11.4 Å². The molecule has 1 aromatic heterocycles. The van der Waals surface area contributed by atoms with Crippen LogP contribution in [0.25, 0.3) is 0 Å². The van der Waals surface area contributed by atoms with Crippen LogP contribution in [0.4, 0.5) is 5.00 Å². The molecule has 0 aliphatic heterocycles. The van der Waals surface area contributed by atoms with Gasteiger partial charge in [-0.3, -0.25) is 4.79 Å². The number of nitrogen functional groups attached to an aromatic ring is 1. The molecule has 0 aliphatic carbocycles. The quantitative estimate of drug-likeness (QED) is 0.838. The fourth-order valence-electron chi connectivity index (χ4n) is 1.28. The minimum Gasteiger partial charge on any atom is -0.465 e. The monoisotopic (exact) mass is 312 g/mol. The van der Waals surface area contributed by atoms with E-state index in [1.807, 2.05) is 6.92 Å². The Kier molecular flexibility index (Phi) is 9.63. The summed E-state index contributed by atoms with van der Waals surface area (Å²) >= 11 is 1.45. The summed E-state index contributed by atoms with van der Waals surface area (Å²) in [5.74, 6) is -0.772. The molecular formula is C14H20N2O4S. The topological polar surface area (TPSA) is 102 Å². The molecule has 0 saturated heterocycles. The molecule has 6 nitrogen and oxygen atoms in total. The van der Waals surface area contributed by atoms with Gasteiger partial charge >= 0.3 is 11.9 Å². The molecule has 7 heteroatoms. The first kappa shape index (κ1) is 18.9. The molecule has 0 spiro atoms. The Bertz CT molecular complexity index is 506. The number of nitrogens with zero attached hydrogens (tertiary/aromatic N) is 1. The van der Waals surface area contributed by atoms with Crippen LogP contribution in [0.2, 0.25) is 0 Å². The van der Waals surface area contributed by atoms with Crippen molar-refractivity contribution in [2.24, 2.45) is 0 Å². The SMILES string of the molecule is CCOC(=O)CC#N.CCOC(=O)c1cc(CC)sc1N. The number of thiophene rings is 1. The summed E-state index contributed by atoms with van der Waals surface area (Å²) in [6.07, 6.45) is 0.752. The Morgan fingerprint density at radius 2 is 1.90 bits per heavy atom. The van der Waals surface area contributed by atoms with E-state index in [2.05, 4.69) is 4.74 Å². The van der Waals surface area contributed by atoms with Crippen LogP contribution in [0, 0.1) is 11.3 Å². The number of rotatable bonds is 5. The summed E-state index contributed by atoms with van der Waals surface area (Å²) in [5.41, 5.74) is 6.17. The van der Waals surface area contributed by atoms with E-state index in [1.54, 1.807) is 26.0 Å². The van der Waals surface area contributed by atoms with Crippen molar-refractivity contribution in [2.45, 2.75) is 33.6 Å². The molecule has 2 N–H and O–H groups in total. The lowest BCUT2D eigenvalue weighted by molar-refractivity contribution is -0.141. The van der Waals surface area contributed by atoms with Crippen LogP contribution < -0.4 is 5.73 Å². The van der Waals surface area contributed by atoms with Crippen LogP contribution in [0.5, 0.6) is 0 Å². The summed E-state index contributed by atoms with van der Waals surface area (Å²) in [4.78, 5) is 22.6. The van der Waals surface area contributed by atoms with E-state index in [0.29, 0.717) is 23.8 Å². The molecule has 1 heterocycles. The van der Waals surface area contributed by atoms with Gasteiger partial charge in [0.2, 0.25) is 0 Å². The second-order valence-corrected chi connectivity index (χ2v) is 4.87. The Labute approximate surface area is 128 Å². The zero-order valence-corrected chi connectivity index (χ0v) is 13.3. The van der Waals surface area contributed by atoms with Crippen molar-refractivity contribution in [1.29, 1.82) is 5.26 Å². The van der Waals surface area contributed by atoms with Crippen LogP contribution in [0.1, 0.15) is 42.4 Å². The molecule has 116 valence electrons. The summed E-state index contributed by atoms with van der Waals surface area (Å²) in [6.45, 7) is 6.24. The predicted molar refractivity (Wildman–Crippen MR) is 80.9 cm³/mol. The number of nitriles is 1. The summed E-state index contributed by atoms with van der Waals surface area (Å²) < 4.78 is 9.28. The third-order valence-corrected chi connectivity index (χ3v) is 3.29. The van der Waals surface area contributed by atoms with Crippen molar-refractivity contribution < 1.29 is 19.1 Å². The van der Waals surface area contributed by atoms with E-state index in [1.165, 1.54) is 11.3 Å². The van der Waals surface area contributed by atoms with Crippen LogP contribution in [-0.4, -0.2) is 25.2 Å². The van der Waals surface area contributed by atoms with Crippen molar-refractivity contribution >= 4 is 28.3 Å². The number of anilines is 1. The van der Waals surface area contributed by atoms with Gasteiger partial charge in [-0.25, -0.2) is 4.79 Å². The fraction of sp³-hybridized carbons (Fsp3) is 0.500. The Hall–Kier alpha value is -2.07. The van der Waals surface area contributed by atoms with E-state index in [9.17, 15) is 9.59 Å². The second-order valence-electron chi connectivity index (χ2n) is 3.70. The average molecular weight is 312 g/mol. The largest absolute Gasteiger partial charge is 0.465 e. The molecule has 0 unspecified atom stereocenters. The predicted octanol–water partition coefficient (Wildman–Crippen LogP) is 2.53. The third-order valence-electron chi connectivity index (χ3n) is 2.18. The molecule has 0 saturated carbocycles. The maximum atomic E-state index is 11.3. The number of aryl methyl sites for hydroxylation is 1. The summed E-state index contributed by atoms with van der Waals surface area (Å²) in [7, 11) is 0. The van der Waals surface area contributed by atoms with Crippen molar-refractivity contribution in [3.05, 3.63) is 16.5 Å². The lowest BCUT2D eigenvalue weighted by Gasteiger charge is -1.98. The van der Waals surface area contributed by atoms with Gasteiger partial charge in [0.15, 0.2) is 0 Å². The van der Waals surface area contributed by atoms with Crippen LogP contribution >= 0.6 is 11.3 Å². The highest BCUT2D eigenvalue weighted by molar-refractivity contribution is 7.16. The molecule has 1 rings (SSSR count). The third kappa shape index (κ3) is 7.32. The van der Waals surface area contributed by atoms with Crippen molar-refractivity contribution in [1.82, 2.24) is 0 Å². The number of hydrogen-bond donors (Lipinski definition) is 1. The highest BCUT2D eigenvalue weighted by atomic mass is 32.1. The smallest absolute Gasteiger partial charge is 0.341 e. The first-order valence-corrected chi connectivity index (χ1v) is 7.39. The molecule has 0 aliphatic rings. The molecule has 1 aromatic rings. The van der Waals surface area contributed by atoms with E-state index in [4.69, 9.17) is 15.7 Å². The zero-order chi connectivity index (χ0) is 16.3. The summed E-state index contributed by atoms with van der Waals surface area (Å²) in [5, 5.41) is 8.46. The molecule has 0 radical (unpaired) electrons. The number of nitrogens with two attached hydrogens (primary N) is 1. The number of carbonyl (C=O) groups excluding carboxylic acids is 2. The van der Waals surface area contributed by atoms with Gasteiger partial charge in [0, 0.05) is 4.88 Å². The number of ether oxygens (including phenoxy) is 2. The Morgan fingerprint density at radius 1 is 1.29 bits per heavy atom. The van der Waals surface area contributed by atoms with Crippen molar-refractivity contribution in [2.75, 3.05) is 18.9 Å². The maximum Gasteiger partial charge on any atom is 0.341 e. The van der Waals surface area contributed by atoms with Gasteiger partial charge in [-0.15, -0.1) is 11.3 Å². The van der Waals surface area contributed by atoms with Gasteiger partial charge in [-0.2, -0.15) is 5.26 Å². The van der Waals surface area contributed by atoms with Gasteiger partial charge < -0.3 is 15.2 Å². The molecule has 0 aromatic carbocycles. The lowest BCUT2D eigenvalue weighted by atomic mass is 10.2. The lowest BCUT2D eigenvalue weighted by Crippen LogP contribution is -2.05. The zero-order valence-electron chi connectivity index (χ0n) is 12.5. The number of esters is 2. The van der Waals surface area contributed by atoms with E-state index >= 15 is 0 Å². The second kappa shape index (κ2) is 10.7. The molecule has 0 bridgehead atoms.